The zero-order valence-corrected chi connectivity index (χ0v) is 10.7. The lowest BCUT2D eigenvalue weighted by atomic mass is 10.3. The summed E-state index contributed by atoms with van der Waals surface area (Å²) in [6.45, 7) is 0. The Morgan fingerprint density at radius 3 is 2.76 bits per heavy atom. The van der Waals surface area contributed by atoms with E-state index >= 15 is 0 Å². The van der Waals surface area contributed by atoms with Gasteiger partial charge in [0.25, 0.3) is 0 Å². The molecule has 4 nitrogen and oxygen atoms in total. The van der Waals surface area contributed by atoms with Gasteiger partial charge in [-0.2, -0.15) is 4.98 Å². The second-order valence-corrected chi connectivity index (χ2v) is 4.31. The maximum atomic E-state index is 13.0. The highest BCUT2D eigenvalue weighted by Gasteiger charge is 2.07. The summed E-state index contributed by atoms with van der Waals surface area (Å²) in [7, 11) is 0. The number of benzene rings is 1. The fourth-order valence-corrected chi connectivity index (χ4v) is 1.64. The van der Waals surface area contributed by atoms with Gasteiger partial charge in [-0.05, 0) is 28.1 Å². The number of anilines is 1. The normalized spacial score (nSPS) is 10.3. The first-order chi connectivity index (χ1) is 8.04. The third-order valence-corrected chi connectivity index (χ3v) is 2.65. The highest BCUT2D eigenvalue weighted by molar-refractivity contribution is 9.10. The molecule has 0 bridgehead atoms. The molecule has 1 aromatic carbocycles. The van der Waals surface area contributed by atoms with Crippen LogP contribution in [0.15, 0.2) is 28.7 Å². The SMILES string of the molecule is Nc1nc(Cl)cc(Oc2cc(F)ccc2Br)n1. The lowest BCUT2D eigenvalue weighted by Crippen LogP contribution is -1.97. The van der Waals surface area contributed by atoms with E-state index < -0.39 is 5.82 Å². The molecule has 0 amide bonds. The molecule has 1 heterocycles. The molecular weight excluding hydrogens is 312 g/mol. The standard InChI is InChI=1S/C10H6BrClFN3O/c11-6-2-1-5(13)3-7(6)17-9-4-8(12)15-10(14)16-9/h1-4H,(H2,14,15,16). The minimum Gasteiger partial charge on any atom is -0.438 e. The number of nitrogens with two attached hydrogens (primary N) is 1. The molecule has 0 spiro atoms. The summed E-state index contributed by atoms with van der Waals surface area (Å²) >= 11 is 8.92. The Labute approximate surface area is 110 Å². The van der Waals surface area contributed by atoms with Gasteiger partial charge in [-0.25, -0.2) is 9.37 Å². The summed E-state index contributed by atoms with van der Waals surface area (Å²) in [4.78, 5) is 7.50. The smallest absolute Gasteiger partial charge is 0.225 e. The van der Waals surface area contributed by atoms with Gasteiger partial charge >= 0.3 is 0 Å². The number of rotatable bonds is 2. The minimum absolute atomic E-state index is 0.0139. The maximum Gasteiger partial charge on any atom is 0.225 e. The topological polar surface area (TPSA) is 61.0 Å². The maximum absolute atomic E-state index is 13.0. The van der Waals surface area contributed by atoms with E-state index in [9.17, 15) is 4.39 Å². The Kier molecular flexibility index (Phi) is 3.44. The molecule has 0 unspecified atom stereocenters. The Morgan fingerprint density at radius 1 is 1.29 bits per heavy atom. The van der Waals surface area contributed by atoms with Crippen molar-refractivity contribution in [2.75, 3.05) is 5.73 Å². The van der Waals surface area contributed by atoms with Crippen LogP contribution in [-0.2, 0) is 0 Å². The molecule has 0 aliphatic carbocycles. The summed E-state index contributed by atoms with van der Waals surface area (Å²) in [5, 5.41) is 0.153. The number of ether oxygens (including phenoxy) is 1. The van der Waals surface area contributed by atoms with Crippen LogP contribution in [0.25, 0.3) is 0 Å². The number of nitrogen functional groups attached to an aromatic ring is 1. The van der Waals surface area contributed by atoms with E-state index in [1.54, 1.807) is 0 Å². The van der Waals surface area contributed by atoms with Gasteiger partial charge in [0.1, 0.15) is 16.7 Å². The number of nitrogens with zero attached hydrogens (tertiary/aromatic N) is 2. The van der Waals surface area contributed by atoms with E-state index in [1.807, 2.05) is 0 Å². The molecular formula is C10H6BrClFN3O. The summed E-state index contributed by atoms with van der Waals surface area (Å²) in [6, 6.07) is 5.43. The van der Waals surface area contributed by atoms with Crippen LogP contribution in [0.3, 0.4) is 0 Å². The Hall–Kier alpha value is -1.40. The molecule has 0 radical (unpaired) electrons. The van der Waals surface area contributed by atoms with Gasteiger partial charge in [-0.15, -0.1) is 0 Å². The number of hydrogen-bond donors (Lipinski definition) is 1. The van der Waals surface area contributed by atoms with Gasteiger partial charge in [0.15, 0.2) is 0 Å². The van der Waals surface area contributed by atoms with Gasteiger partial charge in [-0.3, -0.25) is 0 Å². The van der Waals surface area contributed by atoms with Crippen molar-refractivity contribution in [3.05, 3.63) is 39.7 Å². The average Bonchev–Trinajstić information content (AvgIpc) is 2.22. The second-order valence-electron chi connectivity index (χ2n) is 3.06. The molecule has 0 saturated heterocycles. The molecule has 1 aromatic heterocycles. The van der Waals surface area contributed by atoms with Crippen molar-refractivity contribution in [3.63, 3.8) is 0 Å². The molecule has 2 aromatic rings. The molecule has 17 heavy (non-hydrogen) atoms. The van der Waals surface area contributed by atoms with E-state index in [4.69, 9.17) is 22.1 Å². The summed E-state index contributed by atoms with van der Waals surface area (Å²) < 4.78 is 19.0. The van der Waals surface area contributed by atoms with Crippen LogP contribution < -0.4 is 10.5 Å². The molecule has 0 aliphatic heterocycles. The third-order valence-electron chi connectivity index (χ3n) is 1.80. The predicted octanol–water partition coefficient (Wildman–Crippen LogP) is 3.41. The van der Waals surface area contributed by atoms with Gasteiger partial charge in [-0.1, -0.05) is 11.6 Å². The summed E-state index contributed by atoms with van der Waals surface area (Å²) in [6.07, 6.45) is 0. The lowest BCUT2D eigenvalue weighted by molar-refractivity contribution is 0.455. The fourth-order valence-electron chi connectivity index (χ4n) is 1.13. The minimum atomic E-state index is -0.420. The van der Waals surface area contributed by atoms with E-state index in [1.165, 1.54) is 24.3 Å². The molecule has 0 atom stereocenters. The van der Waals surface area contributed by atoms with Crippen LogP contribution in [0.2, 0.25) is 5.15 Å². The largest absolute Gasteiger partial charge is 0.438 e. The molecule has 88 valence electrons. The van der Waals surface area contributed by atoms with Crippen molar-refractivity contribution in [1.29, 1.82) is 0 Å². The highest BCUT2D eigenvalue weighted by atomic mass is 79.9. The Bertz CT molecular complexity index is 547. The molecule has 0 aliphatic rings. The first kappa shape index (κ1) is 12.1. The summed E-state index contributed by atoms with van der Waals surface area (Å²) in [5.41, 5.74) is 5.41. The number of hydrogen-bond acceptors (Lipinski definition) is 4. The van der Waals surface area contributed by atoms with Gasteiger partial charge in [0.2, 0.25) is 11.8 Å². The van der Waals surface area contributed by atoms with Gasteiger partial charge in [0.05, 0.1) is 4.47 Å². The van der Waals surface area contributed by atoms with Crippen LogP contribution in [-0.4, -0.2) is 9.97 Å². The first-order valence-corrected chi connectivity index (χ1v) is 5.64. The van der Waals surface area contributed by atoms with Crippen molar-refractivity contribution in [2.24, 2.45) is 0 Å². The second kappa shape index (κ2) is 4.85. The third kappa shape index (κ3) is 3.04. The van der Waals surface area contributed by atoms with Crippen molar-refractivity contribution in [3.8, 4) is 11.6 Å². The molecule has 2 N–H and O–H groups in total. The molecule has 0 saturated carbocycles. The van der Waals surface area contributed by atoms with Crippen LogP contribution in [0.1, 0.15) is 0 Å². The van der Waals surface area contributed by atoms with E-state index in [0.717, 1.165) is 0 Å². The number of aromatic nitrogens is 2. The van der Waals surface area contributed by atoms with Crippen LogP contribution >= 0.6 is 27.5 Å². The predicted molar refractivity (Wildman–Crippen MR) is 65.6 cm³/mol. The first-order valence-electron chi connectivity index (χ1n) is 4.47. The van der Waals surface area contributed by atoms with Crippen LogP contribution in [0.4, 0.5) is 10.3 Å². The molecule has 2 rings (SSSR count). The van der Waals surface area contributed by atoms with Crippen molar-refractivity contribution >= 4 is 33.5 Å². The summed E-state index contributed by atoms with van der Waals surface area (Å²) in [5.74, 6) is -0.00989. The van der Waals surface area contributed by atoms with Crippen molar-refractivity contribution in [1.82, 2.24) is 9.97 Å². The molecule has 7 heteroatoms. The van der Waals surface area contributed by atoms with E-state index in [0.29, 0.717) is 4.47 Å². The van der Waals surface area contributed by atoms with Crippen LogP contribution in [0, 0.1) is 5.82 Å². The zero-order valence-electron chi connectivity index (χ0n) is 8.32. The van der Waals surface area contributed by atoms with E-state index in [2.05, 4.69) is 25.9 Å². The van der Waals surface area contributed by atoms with Crippen molar-refractivity contribution < 1.29 is 9.13 Å². The molecule has 0 fully saturated rings. The zero-order chi connectivity index (χ0) is 12.4. The highest BCUT2D eigenvalue weighted by Crippen LogP contribution is 2.30. The Balaban J connectivity index is 2.34. The lowest BCUT2D eigenvalue weighted by Gasteiger charge is -2.07. The van der Waals surface area contributed by atoms with Gasteiger partial charge < -0.3 is 10.5 Å². The van der Waals surface area contributed by atoms with E-state index in [-0.39, 0.29) is 22.7 Å². The fraction of sp³-hybridized carbons (Fsp3) is 0. The quantitative estimate of drug-likeness (QED) is 0.862. The van der Waals surface area contributed by atoms with Gasteiger partial charge in [0, 0.05) is 12.1 Å². The van der Waals surface area contributed by atoms with Crippen molar-refractivity contribution in [2.45, 2.75) is 0 Å². The average molecular weight is 319 g/mol. The monoisotopic (exact) mass is 317 g/mol. The Morgan fingerprint density at radius 2 is 2.06 bits per heavy atom. The number of halogens is 3. The van der Waals surface area contributed by atoms with Crippen LogP contribution in [0.5, 0.6) is 11.6 Å².